The molecular formula is C17H17BrN4O3S. The Morgan fingerprint density at radius 1 is 1.27 bits per heavy atom. The number of ether oxygens (including phenoxy) is 2. The highest BCUT2D eigenvalue weighted by atomic mass is 79.9. The number of carbonyl (C=O) groups is 1. The maximum absolute atomic E-state index is 12.2. The van der Waals surface area contributed by atoms with Gasteiger partial charge in [-0.25, -0.2) is 15.4 Å². The van der Waals surface area contributed by atoms with Crippen molar-refractivity contribution < 1.29 is 14.3 Å². The van der Waals surface area contributed by atoms with Crippen molar-refractivity contribution in [3.05, 3.63) is 39.6 Å². The van der Waals surface area contributed by atoms with Gasteiger partial charge in [-0.1, -0.05) is 11.8 Å². The normalized spacial score (nSPS) is 13.8. The van der Waals surface area contributed by atoms with E-state index in [4.69, 9.17) is 9.47 Å². The summed E-state index contributed by atoms with van der Waals surface area (Å²) >= 11 is 4.74. The first-order valence-electron chi connectivity index (χ1n) is 7.83. The van der Waals surface area contributed by atoms with Crippen molar-refractivity contribution in [1.29, 1.82) is 0 Å². The van der Waals surface area contributed by atoms with Gasteiger partial charge < -0.3 is 9.47 Å². The van der Waals surface area contributed by atoms with Gasteiger partial charge in [0.2, 0.25) is 6.79 Å². The average molecular weight is 437 g/mol. The summed E-state index contributed by atoms with van der Waals surface area (Å²) in [6, 6.07) is 5.49. The van der Waals surface area contributed by atoms with E-state index in [1.807, 2.05) is 19.9 Å². The Hall–Kier alpha value is -2.13. The number of nitrogens with one attached hydrogen (secondary N) is 1. The second kappa shape index (κ2) is 8.05. The lowest BCUT2D eigenvalue weighted by atomic mass is 10.2. The molecule has 1 aliphatic rings. The zero-order valence-electron chi connectivity index (χ0n) is 14.4. The SMILES string of the molecule is Cc1cc(C)nc(S[C@@H](C)C(=O)N/N=C\c2cc3c(cc2Br)OCO3)n1. The number of hydrazone groups is 1. The highest BCUT2D eigenvalue weighted by Gasteiger charge is 2.17. The van der Waals surface area contributed by atoms with E-state index in [0.717, 1.165) is 21.4 Å². The number of carbonyl (C=O) groups excluding carboxylic acids is 1. The van der Waals surface area contributed by atoms with Crippen LogP contribution in [0.1, 0.15) is 23.9 Å². The molecular weight excluding hydrogens is 420 g/mol. The molecule has 2 aromatic rings. The third kappa shape index (κ3) is 4.53. The van der Waals surface area contributed by atoms with Crippen LogP contribution in [0.4, 0.5) is 0 Å². The Labute approximate surface area is 163 Å². The summed E-state index contributed by atoms with van der Waals surface area (Å²) in [4.78, 5) is 20.9. The van der Waals surface area contributed by atoms with Gasteiger partial charge >= 0.3 is 0 Å². The zero-order chi connectivity index (χ0) is 18.7. The van der Waals surface area contributed by atoms with Crippen LogP contribution in [0.3, 0.4) is 0 Å². The van der Waals surface area contributed by atoms with Crippen LogP contribution in [0.15, 0.2) is 32.9 Å². The van der Waals surface area contributed by atoms with Crippen LogP contribution in [-0.2, 0) is 4.79 Å². The molecule has 0 spiro atoms. The van der Waals surface area contributed by atoms with E-state index in [9.17, 15) is 4.79 Å². The van der Waals surface area contributed by atoms with E-state index in [2.05, 4.69) is 36.4 Å². The largest absolute Gasteiger partial charge is 0.454 e. The summed E-state index contributed by atoms with van der Waals surface area (Å²) in [7, 11) is 0. The number of rotatable bonds is 5. The number of thioether (sulfide) groups is 1. The Bertz CT molecular complexity index is 855. The third-order valence-electron chi connectivity index (χ3n) is 3.48. The molecule has 7 nitrogen and oxygen atoms in total. The smallest absolute Gasteiger partial charge is 0.253 e. The molecule has 2 heterocycles. The quantitative estimate of drug-likeness (QED) is 0.335. The molecule has 0 bridgehead atoms. The van der Waals surface area contributed by atoms with Crippen LogP contribution in [0.2, 0.25) is 0 Å². The van der Waals surface area contributed by atoms with Crippen LogP contribution in [0.5, 0.6) is 11.5 Å². The fourth-order valence-electron chi connectivity index (χ4n) is 2.25. The second-order valence-corrected chi connectivity index (χ2v) is 7.82. The van der Waals surface area contributed by atoms with Crippen molar-refractivity contribution in [2.75, 3.05) is 6.79 Å². The Kier molecular flexibility index (Phi) is 5.77. The van der Waals surface area contributed by atoms with Crippen LogP contribution in [-0.4, -0.2) is 34.1 Å². The first-order chi connectivity index (χ1) is 12.4. The van der Waals surface area contributed by atoms with Crippen molar-refractivity contribution in [3.8, 4) is 11.5 Å². The lowest BCUT2D eigenvalue weighted by Gasteiger charge is -2.09. The molecule has 1 aliphatic heterocycles. The minimum atomic E-state index is -0.381. The number of fused-ring (bicyclic) bond motifs is 1. The van der Waals surface area contributed by atoms with Gasteiger partial charge in [0, 0.05) is 21.4 Å². The molecule has 0 radical (unpaired) electrons. The molecule has 9 heteroatoms. The molecule has 1 amide bonds. The summed E-state index contributed by atoms with van der Waals surface area (Å²) < 4.78 is 11.4. The van der Waals surface area contributed by atoms with Crippen molar-refractivity contribution in [2.24, 2.45) is 5.10 Å². The van der Waals surface area contributed by atoms with Gasteiger partial charge in [-0.3, -0.25) is 4.79 Å². The zero-order valence-corrected chi connectivity index (χ0v) is 16.8. The lowest BCUT2D eigenvalue weighted by Crippen LogP contribution is -2.27. The maximum Gasteiger partial charge on any atom is 0.253 e. The summed E-state index contributed by atoms with van der Waals surface area (Å²) in [6.45, 7) is 5.79. The molecule has 0 fully saturated rings. The Morgan fingerprint density at radius 2 is 1.92 bits per heavy atom. The molecule has 3 rings (SSSR count). The molecule has 0 unspecified atom stereocenters. The minimum Gasteiger partial charge on any atom is -0.454 e. The summed E-state index contributed by atoms with van der Waals surface area (Å²) in [5.74, 6) is 1.10. The fourth-order valence-corrected chi connectivity index (χ4v) is 3.54. The number of aryl methyl sites for hydroxylation is 2. The Morgan fingerprint density at radius 3 is 2.62 bits per heavy atom. The van der Waals surface area contributed by atoms with Gasteiger partial charge in [0.1, 0.15) is 0 Å². The predicted octanol–water partition coefficient (Wildman–Crippen LogP) is 3.22. The van der Waals surface area contributed by atoms with E-state index in [1.54, 1.807) is 25.3 Å². The molecule has 1 aromatic heterocycles. The van der Waals surface area contributed by atoms with E-state index >= 15 is 0 Å². The number of benzene rings is 1. The summed E-state index contributed by atoms with van der Waals surface area (Å²) in [5, 5.41) is 4.22. The number of aromatic nitrogens is 2. The number of nitrogens with zero attached hydrogens (tertiary/aromatic N) is 3. The van der Waals surface area contributed by atoms with Gasteiger partial charge in [0.15, 0.2) is 16.7 Å². The van der Waals surface area contributed by atoms with Gasteiger partial charge in [-0.05, 0) is 54.9 Å². The molecule has 26 heavy (non-hydrogen) atoms. The maximum atomic E-state index is 12.2. The molecule has 136 valence electrons. The monoisotopic (exact) mass is 436 g/mol. The van der Waals surface area contributed by atoms with Crippen molar-refractivity contribution in [2.45, 2.75) is 31.2 Å². The van der Waals surface area contributed by atoms with E-state index in [-0.39, 0.29) is 18.0 Å². The number of hydrogen-bond acceptors (Lipinski definition) is 7. The number of amides is 1. The molecule has 0 aliphatic carbocycles. The minimum absolute atomic E-state index is 0.203. The highest BCUT2D eigenvalue weighted by molar-refractivity contribution is 9.10. The van der Waals surface area contributed by atoms with Crippen molar-refractivity contribution in [3.63, 3.8) is 0 Å². The molecule has 1 aromatic carbocycles. The van der Waals surface area contributed by atoms with Crippen LogP contribution in [0.25, 0.3) is 0 Å². The fraction of sp³-hybridized carbons (Fsp3) is 0.294. The summed E-state index contributed by atoms with van der Waals surface area (Å²) in [5.41, 5.74) is 5.05. The third-order valence-corrected chi connectivity index (χ3v) is 5.13. The van der Waals surface area contributed by atoms with E-state index < -0.39 is 0 Å². The van der Waals surface area contributed by atoms with Gasteiger partial charge in [0.25, 0.3) is 5.91 Å². The molecule has 0 saturated carbocycles. The molecule has 1 N–H and O–H groups in total. The predicted molar refractivity (Wildman–Crippen MR) is 103 cm³/mol. The highest BCUT2D eigenvalue weighted by Crippen LogP contribution is 2.36. The van der Waals surface area contributed by atoms with Crippen molar-refractivity contribution >= 4 is 39.8 Å². The van der Waals surface area contributed by atoms with Crippen LogP contribution in [0, 0.1) is 13.8 Å². The number of hydrogen-bond donors (Lipinski definition) is 1. The standard InChI is InChI=1S/C17H17BrN4O3S/c1-9-4-10(2)21-17(20-9)26-11(3)16(23)22-19-7-12-5-14-15(6-13(12)18)25-8-24-14/h4-7,11H,8H2,1-3H3,(H,22,23)/b19-7-/t11-/m0/s1. The summed E-state index contributed by atoms with van der Waals surface area (Å²) in [6.07, 6.45) is 1.55. The molecule has 0 saturated heterocycles. The van der Waals surface area contributed by atoms with Gasteiger partial charge in [0.05, 0.1) is 11.5 Å². The second-order valence-electron chi connectivity index (χ2n) is 5.65. The topological polar surface area (TPSA) is 85.7 Å². The number of halogens is 1. The van der Waals surface area contributed by atoms with E-state index in [0.29, 0.717) is 16.7 Å². The van der Waals surface area contributed by atoms with Gasteiger partial charge in [-0.2, -0.15) is 5.10 Å². The molecule has 1 atom stereocenters. The first kappa shape index (κ1) is 18.7. The van der Waals surface area contributed by atoms with Crippen LogP contribution >= 0.6 is 27.7 Å². The lowest BCUT2D eigenvalue weighted by molar-refractivity contribution is -0.120. The Balaban J connectivity index is 1.60. The first-order valence-corrected chi connectivity index (χ1v) is 9.50. The van der Waals surface area contributed by atoms with E-state index in [1.165, 1.54) is 11.8 Å². The van der Waals surface area contributed by atoms with Crippen molar-refractivity contribution in [1.82, 2.24) is 15.4 Å². The van der Waals surface area contributed by atoms with Crippen LogP contribution < -0.4 is 14.9 Å². The average Bonchev–Trinajstić information content (AvgIpc) is 3.00. The van der Waals surface area contributed by atoms with Gasteiger partial charge in [-0.15, -0.1) is 0 Å².